The van der Waals surface area contributed by atoms with Crippen LogP contribution in [0.3, 0.4) is 0 Å². The summed E-state index contributed by atoms with van der Waals surface area (Å²) in [5.41, 5.74) is 1.73. The first kappa shape index (κ1) is 25.6. The summed E-state index contributed by atoms with van der Waals surface area (Å²) in [6.07, 6.45) is 5.61. The van der Waals surface area contributed by atoms with Gasteiger partial charge in [-0.2, -0.15) is 5.01 Å². The summed E-state index contributed by atoms with van der Waals surface area (Å²) in [6.45, 7) is 11.7. The van der Waals surface area contributed by atoms with Gasteiger partial charge in [0.05, 0.1) is 11.3 Å². The van der Waals surface area contributed by atoms with Crippen LogP contribution in [-0.4, -0.2) is 47.1 Å². The zero-order valence-corrected chi connectivity index (χ0v) is 20.5. The lowest BCUT2D eigenvalue weighted by Gasteiger charge is -2.36. The van der Waals surface area contributed by atoms with Gasteiger partial charge in [0.15, 0.2) is 0 Å². The van der Waals surface area contributed by atoms with Crippen LogP contribution in [0.4, 0.5) is 5.69 Å². The van der Waals surface area contributed by atoms with Gasteiger partial charge in [-0.1, -0.05) is 63.6 Å². The summed E-state index contributed by atoms with van der Waals surface area (Å²) in [7, 11) is 1.62. The quantitative estimate of drug-likeness (QED) is 0.211. The number of para-hydroxylation sites is 1. The molecular weight excluding hydrogens is 442 g/mol. The number of carbonyl (C=O) groups is 4. The maximum atomic E-state index is 13.4. The topological polar surface area (TPSA) is 78.0 Å². The fourth-order valence-electron chi connectivity index (χ4n) is 4.31. The molecule has 1 heterocycles. The van der Waals surface area contributed by atoms with Crippen molar-refractivity contribution < 1.29 is 19.2 Å². The van der Waals surface area contributed by atoms with Crippen LogP contribution < -0.4 is 5.01 Å². The molecule has 0 N–H and O–H groups in total. The van der Waals surface area contributed by atoms with Gasteiger partial charge in [-0.15, -0.1) is 0 Å². The average molecular weight is 474 g/mol. The zero-order valence-electron chi connectivity index (χ0n) is 20.5. The lowest BCUT2D eigenvalue weighted by Crippen LogP contribution is -2.51. The Hall–Kier alpha value is -4.00. The van der Waals surface area contributed by atoms with Crippen LogP contribution >= 0.6 is 0 Å². The van der Waals surface area contributed by atoms with Gasteiger partial charge in [0.2, 0.25) is 6.41 Å². The molecule has 0 aromatic heterocycles. The van der Waals surface area contributed by atoms with Crippen molar-refractivity contribution >= 4 is 41.5 Å². The molecule has 0 fully saturated rings. The summed E-state index contributed by atoms with van der Waals surface area (Å²) in [5.74, 6) is -1.63. The molecule has 0 aliphatic carbocycles. The Morgan fingerprint density at radius 3 is 2.37 bits per heavy atom. The van der Waals surface area contributed by atoms with Crippen LogP contribution in [0.15, 0.2) is 55.6 Å². The fraction of sp³-hybridized carbons (Fsp3) is 0.286. The molecular formula is C28H31N3O4. The van der Waals surface area contributed by atoms with Crippen LogP contribution in [0, 0.1) is 0 Å². The molecule has 1 aliphatic heterocycles. The Bertz CT molecular complexity index is 1170. The highest BCUT2D eigenvalue weighted by Crippen LogP contribution is 2.35. The summed E-state index contributed by atoms with van der Waals surface area (Å²) in [5, 5.41) is 2.50. The Labute approximate surface area is 206 Å². The third-order valence-corrected chi connectivity index (χ3v) is 6.33. The zero-order chi connectivity index (χ0) is 25.7. The summed E-state index contributed by atoms with van der Waals surface area (Å²) < 4.78 is 0. The van der Waals surface area contributed by atoms with E-state index in [9.17, 15) is 19.2 Å². The number of carbonyl (C=O) groups excluding carboxylic acids is 4. The molecule has 2 aromatic rings. The number of benzene rings is 2. The molecule has 0 saturated heterocycles. The number of hydrogen-bond donors (Lipinski definition) is 0. The highest BCUT2D eigenvalue weighted by molar-refractivity contribution is 6.32. The molecule has 0 bridgehead atoms. The van der Waals surface area contributed by atoms with E-state index in [0.717, 1.165) is 29.2 Å². The normalized spacial score (nSPS) is 13.8. The second-order valence-electron chi connectivity index (χ2n) is 8.58. The molecule has 182 valence electrons. The number of amides is 4. The predicted molar refractivity (Wildman–Crippen MR) is 137 cm³/mol. The van der Waals surface area contributed by atoms with E-state index in [-0.39, 0.29) is 28.3 Å². The third kappa shape index (κ3) is 4.80. The van der Waals surface area contributed by atoms with Crippen LogP contribution in [-0.2, 0) is 9.59 Å². The maximum absolute atomic E-state index is 13.4. The molecule has 3 rings (SSSR count). The Morgan fingerprint density at radius 1 is 1.09 bits per heavy atom. The fourth-order valence-corrected chi connectivity index (χ4v) is 4.31. The largest absolute Gasteiger partial charge is 0.280 e. The molecule has 7 nitrogen and oxygen atoms in total. The number of hydrogen-bond acceptors (Lipinski definition) is 5. The molecule has 2 aromatic carbocycles. The van der Waals surface area contributed by atoms with Crippen molar-refractivity contribution in [2.75, 3.05) is 12.1 Å². The standard InChI is InChI=1S/C28H31N3O4/c1-6-8-10-13-19(3)30(18-32)27(34)23-16-17-24-25(22(23)7-2)20(4)26(33)31(28(24)35)29(5)21-14-11-9-12-15-21/h7,9,11-12,14-19H,2,4,6,8,10,13H2,1,3,5H3. The Kier molecular flexibility index (Phi) is 8.02. The number of hydrazine groups is 1. The van der Waals surface area contributed by atoms with E-state index in [2.05, 4.69) is 20.1 Å². The minimum absolute atomic E-state index is 0.0700. The number of unbranched alkanes of at least 4 members (excludes halogenated alkanes) is 2. The second kappa shape index (κ2) is 11.0. The molecule has 1 aliphatic rings. The SMILES string of the molecule is C=Cc1c(C(=O)N(C=O)C(C)CCCCC)ccc2c1C(=C)C(=O)N(N(C)c1ccccc1)C2=O. The van der Waals surface area contributed by atoms with Crippen molar-refractivity contribution in [2.45, 2.75) is 45.6 Å². The van der Waals surface area contributed by atoms with Crippen LogP contribution in [0.1, 0.15) is 71.4 Å². The van der Waals surface area contributed by atoms with Crippen molar-refractivity contribution in [2.24, 2.45) is 0 Å². The van der Waals surface area contributed by atoms with Crippen LogP contribution in [0.25, 0.3) is 11.6 Å². The van der Waals surface area contributed by atoms with Gasteiger partial charge in [-0.25, -0.2) is 0 Å². The highest BCUT2D eigenvalue weighted by Gasteiger charge is 2.39. The molecule has 1 unspecified atom stereocenters. The molecule has 35 heavy (non-hydrogen) atoms. The lowest BCUT2D eigenvalue weighted by atomic mass is 9.87. The van der Waals surface area contributed by atoms with Gasteiger partial charge in [0.1, 0.15) is 0 Å². The molecule has 1 atom stereocenters. The minimum atomic E-state index is -0.596. The van der Waals surface area contributed by atoms with Crippen LogP contribution in [0.2, 0.25) is 0 Å². The predicted octanol–water partition coefficient (Wildman–Crippen LogP) is 4.94. The van der Waals surface area contributed by atoms with Crippen molar-refractivity contribution in [3.05, 3.63) is 77.9 Å². The van der Waals surface area contributed by atoms with Gasteiger partial charge in [-0.05, 0) is 43.2 Å². The molecule has 0 saturated carbocycles. The van der Waals surface area contributed by atoms with E-state index in [1.165, 1.54) is 23.2 Å². The van der Waals surface area contributed by atoms with Gasteiger partial charge in [0.25, 0.3) is 17.7 Å². The smallest absolute Gasteiger partial charge is 0.278 e. The Morgan fingerprint density at radius 2 is 1.77 bits per heavy atom. The van der Waals surface area contributed by atoms with Crippen molar-refractivity contribution in [1.29, 1.82) is 0 Å². The van der Waals surface area contributed by atoms with Gasteiger partial charge < -0.3 is 0 Å². The minimum Gasteiger partial charge on any atom is -0.278 e. The average Bonchev–Trinajstić information content (AvgIpc) is 2.87. The van der Waals surface area contributed by atoms with Crippen molar-refractivity contribution in [3.8, 4) is 0 Å². The summed E-state index contributed by atoms with van der Waals surface area (Å²) in [4.78, 5) is 53.1. The molecule has 0 radical (unpaired) electrons. The van der Waals surface area contributed by atoms with Crippen molar-refractivity contribution in [1.82, 2.24) is 9.91 Å². The van der Waals surface area contributed by atoms with Gasteiger partial charge in [-0.3, -0.25) is 29.1 Å². The van der Waals surface area contributed by atoms with E-state index in [0.29, 0.717) is 24.1 Å². The number of anilines is 1. The number of rotatable bonds is 10. The van der Waals surface area contributed by atoms with E-state index < -0.39 is 17.7 Å². The first-order valence-electron chi connectivity index (χ1n) is 11.7. The third-order valence-electron chi connectivity index (χ3n) is 6.33. The van der Waals surface area contributed by atoms with E-state index in [1.807, 2.05) is 25.1 Å². The first-order valence-corrected chi connectivity index (χ1v) is 11.7. The highest BCUT2D eigenvalue weighted by atomic mass is 16.2. The first-order chi connectivity index (χ1) is 16.8. The monoisotopic (exact) mass is 473 g/mol. The molecule has 0 spiro atoms. The molecule has 4 amide bonds. The van der Waals surface area contributed by atoms with E-state index in [1.54, 1.807) is 19.2 Å². The van der Waals surface area contributed by atoms with Crippen LogP contribution in [0.5, 0.6) is 0 Å². The number of nitrogens with zero attached hydrogens (tertiary/aromatic N) is 3. The maximum Gasteiger partial charge on any atom is 0.280 e. The van der Waals surface area contributed by atoms with Crippen molar-refractivity contribution in [3.63, 3.8) is 0 Å². The van der Waals surface area contributed by atoms with Gasteiger partial charge >= 0.3 is 0 Å². The number of imide groups is 2. The summed E-state index contributed by atoms with van der Waals surface area (Å²) in [6, 6.07) is 11.7. The Balaban J connectivity index is 2.02. The lowest BCUT2D eigenvalue weighted by molar-refractivity contribution is -0.123. The van der Waals surface area contributed by atoms with E-state index in [4.69, 9.17) is 0 Å². The second-order valence-corrected chi connectivity index (χ2v) is 8.58. The molecule has 7 heteroatoms. The summed E-state index contributed by atoms with van der Waals surface area (Å²) >= 11 is 0. The van der Waals surface area contributed by atoms with Gasteiger partial charge in [0, 0.05) is 29.8 Å². The van der Waals surface area contributed by atoms with E-state index >= 15 is 0 Å². The number of fused-ring (bicyclic) bond motifs is 1.